The first-order valence-electron chi connectivity index (χ1n) is 6.59. The SMILES string of the molecule is Cc1cccc(C(c2nn[nH]n2)N2CCNCC2)c1. The first-order valence-corrected chi connectivity index (χ1v) is 6.59. The van der Waals surface area contributed by atoms with Gasteiger partial charge in [0.05, 0.1) is 6.04 Å². The van der Waals surface area contributed by atoms with Crippen LogP contribution in [0.2, 0.25) is 0 Å². The first kappa shape index (κ1) is 12.3. The third kappa shape index (κ3) is 2.64. The van der Waals surface area contributed by atoms with Crippen LogP contribution in [0.1, 0.15) is 23.0 Å². The minimum Gasteiger partial charge on any atom is -0.314 e. The summed E-state index contributed by atoms with van der Waals surface area (Å²) in [7, 11) is 0. The van der Waals surface area contributed by atoms with Gasteiger partial charge >= 0.3 is 0 Å². The number of aryl methyl sites for hydroxylation is 1. The molecule has 0 spiro atoms. The second-order valence-corrected chi connectivity index (χ2v) is 4.87. The molecule has 2 N–H and O–H groups in total. The number of piperazine rings is 1. The van der Waals surface area contributed by atoms with Crippen LogP contribution >= 0.6 is 0 Å². The molecule has 1 aliphatic heterocycles. The normalized spacial score (nSPS) is 18.4. The van der Waals surface area contributed by atoms with Crippen LogP contribution in [0.3, 0.4) is 0 Å². The van der Waals surface area contributed by atoms with Crippen LogP contribution in [0.15, 0.2) is 24.3 Å². The molecule has 0 amide bonds. The third-order valence-corrected chi connectivity index (χ3v) is 3.48. The fourth-order valence-corrected chi connectivity index (χ4v) is 2.59. The van der Waals surface area contributed by atoms with Gasteiger partial charge in [-0.2, -0.15) is 5.21 Å². The Morgan fingerprint density at radius 3 is 2.79 bits per heavy atom. The predicted octanol–water partition coefficient (Wildman–Crippen LogP) is 0.503. The lowest BCUT2D eigenvalue weighted by Crippen LogP contribution is -2.45. The highest BCUT2D eigenvalue weighted by Crippen LogP contribution is 2.26. The van der Waals surface area contributed by atoms with E-state index in [1.165, 1.54) is 11.1 Å². The summed E-state index contributed by atoms with van der Waals surface area (Å²) in [6, 6.07) is 8.61. The molecule has 1 atom stereocenters. The minimum absolute atomic E-state index is 0.0840. The fourth-order valence-electron chi connectivity index (χ4n) is 2.59. The van der Waals surface area contributed by atoms with E-state index in [1.807, 2.05) is 0 Å². The van der Waals surface area contributed by atoms with Gasteiger partial charge in [0.25, 0.3) is 0 Å². The molecule has 1 unspecified atom stereocenters. The van der Waals surface area contributed by atoms with Crippen LogP contribution in [-0.4, -0.2) is 51.7 Å². The summed E-state index contributed by atoms with van der Waals surface area (Å²) in [6.07, 6.45) is 0. The van der Waals surface area contributed by atoms with E-state index < -0.39 is 0 Å². The van der Waals surface area contributed by atoms with E-state index in [-0.39, 0.29) is 6.04 Å². The topological polar surface area (TPSA) is 69.7 Å². The van der Waals surface area contributed by atoms with E-state index in [9.17, 15) is 0 Å². The van der Waals surface area contributed by atoms with E-state index in [0.29, 0.717) is 0 Å². The Kier molecular flexibility index (Phi) is 3.52. The molecular weight excluding hydrogens is 240 g/mol. The Labute approximate surface area is 112 Å². The molecule has 19 heavy (non-hydrogen) atoms. The molecule has 1 aromatic carbocycles. The van der Waals surface area contributed by atoms with E-state index in [2.05, 4.69) is 62.0 Å². The van der Waals surface area contributed by atoms with Crippen molar-refractivity contribution in [2.45, 2.75) is 13.0 Å². The van der Waals surface area contributed by atoms with Crippen molar-refractivity contribution in [3.8, 4) is 0 Å². The summed E-state index contributed by atoms with van der Waals surface area (Å²) in [5.74, 6) is 0.743. The molecule has 0 aliphatic carbocycles. The Bertz CT molecular complexity index is 518. The van der Waals surface area contributed by atoms with Gasteiger partial charge in [0.15, 0.2) is 5.82 Å². The fraction of sp³-hybridized carbons (Fsp3) is 0.462. The van der Waals surface area contributed by atoms with Crippen molar-refractivity contribution >= 4 is 0 Å². The summed E-state index contributed by atoms with van der Waals surface area (Å²) < 4.78 is 0. The lowest BCUT2D eigenvalue weighted by atomic mass is 10.0. The molecule has 1 saturated heterocycles. The number of benzene rings is 1. The zero-order valence-electron chi connectivity index (χ0n) is 11.0. The molecule has 6 nitrogen and oxygen atoms in total. The molecule has 1 aliphatic rings. The molecule has 0 saturated carbocycles. The summed E-state index contributed by atoms with van der Waals surface area (Å²) in [6.45, 7) is 6.09. The summed E-state index contributed by atoms with van der Waals surface area (Å²) >= 11 is 0. The van der Waals surface area contributed by atoms with Crippen molar-refractivity contribution in [1.29, 1.82) is 0 Å². The van der Waals surface area contributed by atoms with E-state index in [0.717, 1.165) is 32.0 Å². The molecule has 6 heteroatoms. The van der Waals surface area contributed by atoms with Crippen molar-refractivity contribution in [2.24, 2.45) is 0 Å². The molecular formula is C13H18N6. The van der Waals surface area contributed by atoms with Gasteiger partial charge in [0, 0.05) is 26.2 Å². The summed E-state index contributed by atoms with van der Waals surface area (Å²) in [5.41, 5.74) is 2.48. The van der Waals surface area contributed by atoms with Gasteiger partial charge in [-0.25, -0.2) is 0 Å². The average molecular weight is 258 g/mol. The number of hydrogen-bond acceptors (Lipinski definition) is 5. The number of rotatable bonds is 3. The first-order chi connectivity index (χ1) is 9.34. The van der Waals surface area contributed by atoms with Gasteiger partial charge in [-0.15, -0.1) is 10.2 Å². The maximum atomic E-state index is 4.19. The van der Waals surface area contributed by atoms with Crippen LogP contribution in [-0.2, 0) is 0 Å². The summed E-state index contributed by atoms with van der Waals surface area (Å²) in [5, 5.41) is 18.0. The predicted molar refractivity (Wildman–Crippen MR) is 71.6 cm³/mol. The number of aromatic nitrogens is 4. The quantitative estimate of drug-likeness (QED) is 0.839. The van der Waals surface area contributed by atoms with Gasteiger partial charge in [-0.1, -0.05) is 35.0 Å². The molecule has 0 bridgehead atoms. The zero-order chi connectivity index (χ0) is 13.1. The Balaban J connectivity index is 1.96. The van der Waals surface area contributed by atoms with Crippen molar-refractivity contribution in [3.63, 3.8) is 0 Å². The molecule has 2 heterocycles. The van der Waals surface area contributed by atoms with Crippen molar-refractivity contribution < 1.29 is 0 Å². The Morgan fingerprint density at radius 1 is 1.26 bits per heavy atom. The van der Waals surface area contributed by atoms with Crippen LogP contribution in [0.5, 0.6) is 0 Å². The number of nitrogens with zero attached hydrogens (tertiary/aromatic N) is 4. The monoisotopic (exact) mass is 258 g/mol. The highest BCUT2D eigenvalue weighted by Gasteiger charge is 2.27. The van der Waals surface area contributed by atoms with Gasteiger partial charge < -0.3 is 5.32 Å². The number of aromatic amines is 1. The molecule has 1 aromatic heterocycles. The Morgan fingerprint density at radius 2 is 2.11 bits per heavy atom. The number of nitrogens with one attached hydrogen (secondary N) is 2. The second kappa shape index (κ2) is 5.46. The standard InChI is InChI=1S/C13H18N6/c1-10-3-2-4-11(9-10)12(13-15-17-18-16-13)19-7-5-14-6-8-19/h2-4,9,12,14H,5-8H2,1H3,(H,15,16,17,18). The molecule has 0 radical (unpaired) electrons. The van der Waals surface area contributed by atoms with E-state index in [4.69, 9.17) is 0 Å². The number of tetrazole rings is 1. The van der Waals surface area contributed by atoms with E-state index in [1.54, 1.807) is 0 Å². The highest BCUT2D eigenvalue weighted by molar-refractivity contribution is 5.28. The zero-order valence-corrected chi connectivity index (χ0v) is 11.0. The number of H-pyrrole nitrogens is 1. The van der Waals surface area contributed by atoms with Crippen LogP contribution in [0.4, 0.5) is 0 Å². The maximum absolute atomic E-state index is 4.19. The smallest absolute Gasteiger partial charge is 0.196 e. The van der Waals surface area contributed by atoms with Crippen molar-refractivity contribution in [2.75, 3.05) is 26.2 Å². The van der Waals surface area contributed by atoms with Gasteiger partial charge in [-0.05, 0) is 12.5 Å². The van der Waals surface area contributed by atoms with Crippen LogP contribution in [0, 0.1) is 6.92 Å². The van der Waals surface area contributed by atoms with Gasteiger partial charge in [0.1, 0.15) is 0 Å². The minimum atomic E-state index is 0.0840. The third-order valence-electron chi connectivity index (χ3n) is 3.48. The second-order valence-electron chi connectivity index (χ2n) is 4.87. The maximum Gasteiger partial charge on any atom is 0.196 e. The molecule has 100 valence electrons. The van der Waals surface area contributed by atoms with Gasteiger partial charge in [-0.3, -0.25) is 4.90 Å². The van der Waals surface area contributed by atoms with Crippen LogP contribution < -0.4 is 5.32 Å². The molecule has 3 rings (SSSR count). The van der Waals surface area contributed by atoms with Crippen molar-refractivity contribution in [1.82, 2.24) is 30.8 Å². The molecule has 1 fully saturated rings. The van der Waals surface area contributed by atoms with Crippen molar-refractivity contribution in [3.05, 3.63) is 41.2 Å². The lowest BCUT2D eigenvalue weighted by Gasteiger charge is -2.33. The largest absolute Gasteiger partial charge is 0.314 e. The average Bonchev–Trinajstić information content (AvgIpc) is 2.94. The lowest BCUT2D eigenvalue weighted by molar-refractivity contribution is 0.192. The van der Waals surface area contributed by atoms with Crippen LogP contribution in [0.25, 0.3) is 0 Å². The van der Waals surface area contributed by atoms with Gasteiger partial charge in [0.2, 0.25) is 0 Å². The molecule has 2 aromatic rings. The Hall–Kier alpha value is -1.79. The highest BCUT2D eigenvalue weighted by atomic mass is 15.5. The number of hydrogen-bond donors (Lipinski definition) is 2. The van der Waals surface area contributed by atoms with E-state index >= 15 is 0 Å². The summed E-state index contributed by atoms with van der Waals surface area (Å²) in [4.78, 5) is 2.40.